The minimum absolute atomic E-state index is 0.174. The van der Waals surface area contributed by atoms with Gasteiger partial charge < -0.3 is 20.1 Å². The number of methoxy groups -OCH3 is 2. The van der Waals surface area contributed by atoms with Crippen molar-refractivity contribution in [3.05, 3.63) is 70.9 Å². The van der Waals surface area contributed by atoms with E-state index in [9.17, 15) is 9.59 Å². The van der Waals surface area contributed by atoms with E-state index in [0.717, 1.165) is 11.1 Å². The van der Waals surface area contributed by atoms with Crippen molar-refractivity contribution in [3.63, 3.8) is 0 Å². The SMILES string of the molecule is COCCCNC(=O)/C(=C\c1ccc(OC)cc1)NC(=O)c1ccc(C)cc1. The molecule has 0 saturated carbocycles. The van der Waals surface area contributed by atoms with Gasteiger partial charge in [0.1, 0.15) is 11.4 Å². The van der Waals surface area contributed by atoms with Gasteiger partial charge in [0.05, 0.1) is 7.11 Å². The van der Waals surface area contributed by atoms with Gasteiger partial charge in [-0.3, -0.25) is 9.59 Å². The average Bonchev–Trinajstić information content (AvgIpc) is 2.71. The normalized spacial score (nSPS) is 11.0. The number of hydrogen-bond acceptors (Lipinski definition) is 4. The van der Waals surface area contributed by atoms with Crippen LogP contribution in [0.4, 0.5) is 0 Å². The average molecular weight is 382 g/mol. The summed E-state index contributed by atoms with van der Waals surface area (Å²) in [6.45, 7) is 2.95. The van der Waals surface area contributed by atoms with Gasteiger partial charge in [0.15, 0.2) is 0 Å². The molecule has 6 nitrogen and oxygen atoms in total. The van der Waals surface area contributed by atoms with Crippen molar-refractivity contribution in [2.24, 2.45) is 0 Å². The Morgan fingerprint density at radius 2 is 1.68 bits per heavy atom. The van der Waals surface area contributed by atoms with Gasteiger partial charge in [-0.15, -0.1) is 0 Å². The lowest BCUT2D eigenvalue weighted by Gasteiger charge is -2.11. The lowest BCUT2D eigenvalue weighted by molar-refractivity contribution is -0.117. The van der Waals surface area contributed by atoms with Crippen LogP contribution in [-0.2, 0) is 9.53 Å². The Kier molecular flexibility index (Phi) is 8.24. The monoisotopic (exact) mass is 382 g/mol. The van der Waals surface area contributed by atoms with E-state index in [-0.39, 0.29) is 17.5 Å². The number of aryl methyl sites for hydroxylation is 1. The fourth-order valence-corrected chi connectivity index (χ4v) is 2.44. The van der Waals surface area contributed by atoms with Crippen LogP contribution in [0.5, 0.6) is 5.75 Å². The first kappa shape index (κ1) is 21.2. The number of benzene rings is 2. The fourth-order valence-electron chi connectivity index (χ4n) is 2.44. The second kappa shape index (κ2) is 10.9. The van der Waals surface area contributed by atoms with Gasteiger partial charge in [-0.05, 0) is 49.2 Å². The van der Waals surface area contributed by atoms with Gasteiger partial charge in [-0.1, -0.05) is 29.8 Å². The number of rotatable bonds is 9. The molecule has 2 N–H and O–H groups in total. The maximum atomic E-state index is 12.6. The molecule has 0 unspecified atom stereocenters. The van der Waals surface area contributed by atoms with E-state index in [1.54, 1.807) is 44.6 Å². The molecular weight excluding hydrogens is 356 g/mol. The highest BCUT2D eigenvalue weighted by molar-refractivity contribution is 6.05. The number of carbonyl (C=O) groups excluding carboxylic acids is 2. The maximum absolute atomic E-state index is 12.6. The molecule has 0 spiro atoms. The van der Waals surface area contributed by atoms with Gasteiger partial charge in [-0.2, -0.15) is 0 Å². The minimum atomic E-state index is -0.354. The molecule has 0 aliphatic carbocycles. The molecule has 2 amide bonds. The van der Waals surface area contributed by atoms with E-state index in [1.165, 1.54) is 0 Å². The molecule has 6 heteroatoms. The molecular formula is C22H26N2O4. The fraction of sp³-hybridized carbons (Fsp3) is 0.273. The summed E-state index contributed by atoms with van der Waals surface area (Å²) in [5.74, 6) is 0.0191. The summed E-state index contributed by atoms with van der Waals surface area (Å²) in [5.41, 5.74) is 2.49. The summed E-state index contributed by atoms with van der Waals surface area (Å²) in [4.78, 5) is 25.2. The van der Waals surface area contributed by atoms with Gasteiger partial charge >= 0.3 is 0 Å². The van der Waals surface area contributed by atoms with Crippen LogP contribution in [0, 0.1) is 6.92 Å². The first-order valence-corrected chi connectivity index (χ1v) is 9.04. The third kappa shape index (κ3) is 6.55. The van der Waals surface area contributed by atoms with Crippen molar-refractivity contribution in [2.45, 2.75) is 13.3 Å². The van der Waals surface area contributed by atoms with Crippen LogP contribution in [0.2, 0.25) is 0 Å². The van der Waals surface area contributed by atoms with Crippen LogP contribution in [0.1, 0.15) is 27.9 Å². The quantitative estimate of drug-likeness (QED) is 0.516. The minimum Gasteiger partial charge on any atom is -0.497 e. The van der Waals surface area contributed by atoms with E-state index in [1.807, 2.05) is 31.2 Å². The van der Waals surface area contributed by atoms with Crippen LogP contribution in [-0.4, -0.2) is 39.2 Å². The van der Waals surface area contributed by atoms with Gasteiger partial charge in [0.25, 0.3) is 11.8 Å². The maximum Gasteiger partial charge on any atom is 0.267 e. The van der Waals surface area contributed by atoms with E-state index in [2.05, 4.69) is 10.6 Å². The molecule has 0 bridgehead atoms. The van der Waals surface area contributed by atoms with Crippen LogP contribution in [0.15, 0.2) is 54.2 Å². The smallest absolute Gasteiger partial charge is 0.267 e. The van der Waals surface area contributed by atoms with E-state index in [4.69, 9.17) is 9.47 Å². The highest BCUT2D eigenvalue weighted by Crippen LogP contribution is 2.14. The summed E-state index contributed by atoms with van der Waals surface area (Å²) in [5, 5.41) is 5.52. The Morgan fingerprint density at radius 1 is 1.00 bits per heavy atom. The highest BCUT2D eigenvalue weighted by atomic mass is 16.5. The predicted octanol–water partition coefficient (Wildman–Crippen LogP) is 2.93. The zero-order chi connectivity index (χ0) is 20.4. The van der Waals surface area contributed by atoms with Crippen LogP contribution < -0.4 is 15.4 Å². The third-order valence-corrected chi connectivity index (χ3v) is 4.04. The van der Waals surface area contributed by atoms with Crippen molar-refractivity contribution in [2.75, 3.05) is 27.4 Å². The summed E-state index contributed by atoms with van der Waals surface area (Å²) in [7, 11) is 3.20. The van der Waals surface area contributed by atoms with E-state index < -0.39 is 0 Å². The Bertz CT molecular complexity index is 811. The lowest BCUT2D eigenvalue weighted by Crippen LogP contribution is -2.35. The molecule has 0 saturated heterocycles. The first-order chi connectivity index (χ1) is 13.5. The van der Waals surface area contributed by atoms with E-state index >= 15 is 0 Å². The zero-order valence-corrected chi connectivity index (χ0v) is 16.5. The molecule has 0 radical (unpaired) electrons. The number of amides is 2. The summed E-state index contributed by atoms with van der Waals surface area (Å²) in [6, 6.07) is 14.4. The number of ether oxygens (including phenoxy) is 2. The second-order valence-electron chi connectivity index (χ2n) is 6.25. The number of nitrogens with one attached hydrogen (secondary N) is 2. The Hall–Kier alpha value is -3.12. The lowest BCUT2D eigenvalue weighted by atomic mass is 10.1. The van der Waals surface area contributed by atoms with Gasteiger partial charge in [0, 0.05) is 25.8 Å². The molecule has 28 heavy (non-hydrogen) atoms. The molecule has 2 rings (SSSR count). The highest BCUT2D eigenvalue weighted by Gasteiger charge is 2.14. The number of carbonyl (C=O) groups is 2. The molecule has 0 heterocycles. The van der Waals surface area contributed by atoms with Gasteiger partial charge in [-0.25, -0.2) is 0 Å². The molecule has 0 aliphatic rings. The van der Waals surface area contributed by atoms with Crippen molar-refractivity contribution < 1.29 is 19.1 Å². The standard InChI is InChI=1S/C22H26N2O4/c1-16-5-9-18(10-6-16)21(25)24-20(22(26)23-13-4-14-27-2)15-17-7-11-19(28-3)12-8-17/h5-12,15H,4,13-14H2,1-3H3,(H,23,26)(H,24,25)/b20-15+. The topological polar surface area (TPSA) is 76.7 Å². The molecule has 0 fully saturated rings. The first-order valence-electron chi connectivity index (χ1n) is 9.04. The molecule has 0 atom stereocenters. The van der Waals surface area contributed by atoms with Gasteiger partial charge in [0.2, 0.25) is 0 Å². The van der Waals surface area contributed by atoms with Crippen LogP contribution in [0.25, 0.3) is 6.08 Å². The Morgan fingerprint density at radius 3 is 2.29 bits per heavy atom. The van der Waals surface area contributed by atoms with Crippen molar-refractivity contribution in [1.29, 1.82) is 0 Å². The summed E-state index contributed by atoms with van der Waals surface area (Å²) >= 11 is 0. The van der Waals surface area contributed by atoms with Crippen molar-refractivity contribution in [3.8, 4) is 5.75 Å². The van der Waals surface area contributed by atoms with E-state index in [0.29, 0.717) is 30.9 Å². The van der Waals surface area contributed by atoms with Crippen molar-refractivity contribution in [1.82, 2.24) is 10.6 Å². The third-order valence-electron chi connectivity index (χ3n) is 4.04. The van der Waals surface area contributed by atoms with Crippen LogP contribution >= 0.6 is 0 Å². The molecule has 148 valence electrons. The molecule has 2 aromatic carbocycles. The Labute approximate surface area is 165 Å². The molecule has 0 aliphatic heterocycles. The number of hydrogen-bond donors (Lipinski definition) is 2. The predicted molar refractivity (Wildman–Crippen MR) is 109 cm³/mol. The summed E-state index contributed by atoms with van der Waals surface area (Å²) in [6.07, 6.45) is 2.32. The van der Waals surface area contributed by atoms with Crippen LogP contribution in [0.3, 0.4) is 0 Å². The molecule has 2 aromatic rings. The molecule has 0 aromatic heterocycles. The summed E-state index contributed by atoms with van der Waals surface area (Å²) < 4.78 is 10.1. The Balaban J connectivity index is 2.18. The second-order valence-corrected chi connectivity index (χ2v) is 6.25. The largest absolute Gasteiger partial charge is 0.497 e. The zero-order valence-electron chi connectivity index (χ0n) is 16.5. The van der Waals surface area contributed by atoms with Crippen molar-refractivity contribution >= 4 is 17.9 Å².